The van der Waals surface area contributed by atoms with Crippen molar-refractivity contribution < 1.29 is 0 Å². The molecular weight excluding hydrogens is 338 g/mol. The number of anilines is 1. The van der Waals surface area contributed by atoms with Crippen LogP contribution >= 0.6 is 15.9 Å². The summed E-state index contributed by atoms with van der Waals surface area (Å²) in [6, 6.07) is 9.84. The number of hydrogen-bond donors (Lipinski definition) is 0. The Labute approximate surface area is 141 Å². The van der Waals surface area contributed by atoms with Crippen molar-refractivity contribution in [1.82, 2.24) is 9.88 Å². The van der Waals surface area contributed by atoms with E-state index in [2.05, 4.69) is 76.1 Å². The lowest BCUT2D eigenvalue weighted by Gasteiger charge is -2.38. The summed E-state index contributed by atoms with van der Waals surface area (Å²) in [6.45, 7) is 0. The van der Waals surface area contributed by atoms with Crippen molar-refractivity contribution in [3.05, 3.63) is 34.9 Å². The van der Waals surface area contributed by atoms with E-state index >= 15 is 0 Å². The Morgan fingerprint density at radius 3 is 2.36 bits per heavy atom. The highest BCUT2D eigenvalue weighted by molar-refractivity contribution is 9.10. The molecule has 1 fully saturated rings. The molecule has 4 heteroatoms. The number of benzene rings is 1. The van der Waals surface area contributed by atoms with Crippen LogP contribution in [0.1, 0.15) is 25.7 Å². The van der Waals surface area contributed by atoms with Crippen LogP contribution in [0.4, 0.5) is 5.69 Å². The van der Waals surface area contributed by atoms with E-state index in [1.54, 1.807) is 0 Å². The number of aromatic nitrogens is 1. The van der Waals surface area contributed by atoms with E-state index < -0.39 is 0 Å². The van der Waals surface area contributed by atoms with E-state index in [4.69, 9.17) is 0 Å². The van der Waals surface area contributed by atoms with Crippen LogP contribution < -0.4 is 4.90 Å². The quantitative estimate of drug-likeness (QED) is 0.811. The molecule has 1 aromatic heterocycles. The lowest BCUT2D eigenvalue weighted by Crippen LogP contribution is -2.40. The third-order valence-corrected chi connectivity index (χ3v) is 5.50. The van der Waals surface area contributed by atoms with Crippen molar-refractivity contribution in [3.63, 3.8) is 0 Å². The highest BCUT2D eigenvalue weighted by atomic mass is 79.9. The first kappa shape index (κ1) is 15.8. The van der Waals surface area contributed by atoms with Crippen LogP contribution in [0.15, 0.2) is 34.9 Å². The maximum absolute atomic E-state index is 4.49. The first-order valence-corrected chi connectivity index (χ1v) is 8.79. The van der Waals surface area contributed by atoms with Gasteiger partial charge in [-0.3, -0.25) is 4.98 Å². The molecule has 118 valence electrons. The van der Waals surface area contributed by atoms with Gasteiger partial charge >= 0.3 is 0 Å². The van der Waals surface area contributed by atoms with Gasteiger partial charge in [0.15, 0.2) is 0 Å². The molecule has 0 unspecified atom stereocenters. The molecule has 0 N–H and O–H groups in total. The maximum atomic E-state index is 4.49. The zero-order valence-electron chi connectivity index (χ0n) is 13.6. The first-order valence-electron chi connectivity index (χ1n) is 8.00. The van der Waals surface area contributed by atoms with Gasteiger partial charge in [-0.1, -0.05) is 15.9 Å². The highest BCUT2D eigenvalue weighted by Crippen LogP contribution is 2.32. The van der Waals surface area contributed by atoms with E-state index in [0.717, 1.165) is 16.0 Å². The smallest absolute Gasteiger partial charge is 0.0723 e. The largest absolute Gasteiger partial charge is 0.371 e. The Morgan fingerprint density at radius 2 is 1.68 bits per heavy atom. The molecular formula is C18H24BrN3. The van der Waals surface area contributed by atoms with Crippen LogP contribution in [-0.4, -0.2) is 43.1 Å². The van der Waals surface area contributed by atoms with Crippen LogP contribution in [0.25, 0.3) is 10.9 Å². The van der Waals surface area contributed by atoms with Gasteiger partial charge in [-0.15, -0.1) is 0 Å². The number of nitrogens with zero attached hydrogens (tertiary/aromatic N) is 3. The molecule has 0 aliphatic heterocycles. The molecule has 3 rings (SSSR count). The fraction of sp³-hybridized carbons (Fsp3) is 0.500. The molecule has 3 nitrogen and oxygen atoms in total. The standard InChI is InChI=1S/C18H24BrN3/c1-21(2)14-5-7-15(8-6-14)22(3)18-10-11-20-17-9-4-13(19)12-16(17)18/h4,9-12,14-15H,5-8H2,1-3H3. The van der Waals surface area contributed by atoms with E-state index in [-0.39, 0.29) is 0 Å². The highest BCUT2D eigenvalue weighted by Gasteiger charge is 2.25. The van der Waals surface area contributed by atoms with Crippen molar-refractivity contribution in [2.75, 3.05) is 26.0 Å². The van der Waals surface area contributed by atoms with Gasteiger partial charge in [0.05, 0.1) is 5.52 Å². The van der Waals surface area contributed by atoms with Gasteiger partial charge in [-0.25, -0.2) is 0 Å². The van der Waals surface area contributed by atoms with Crippen molar-refractivity contribution >= 4 is 32.5 Å². The molecule has 1 heterocycles. The average Bonchev–Trinajstić information content (AvgIpc) is 2.53. The molecule has 0 spiro atoms. The summed E-state index contributed by atoms with van der Waals surface area (Å²) in [5, 5.41) is 1.23. The fourth-order valence-electron chi connectivity index (χ4n) is 3.57. The Kier molecular flexibility index (Phi) is 4.69. The van der Waals surface area contributed by atoms with Crippen molar-refractivity contribution in [2.24, 2.45) is 0 Å². The summed E-state index contributed by atoms with van der Waals surface area (Å²) >= 11 is 3.58. The summed E-state index contributed by atoms with van der Waals surface area (Å²) < 4.78 is 1.11. The van der Waals surface area contributed by atoms with Crippen LogP contribution in [0, 0.1) is 0 Å². The van der Waals surface area contributed by atoms with E-state index in [1.807, 2.05) is 6.20 Å². The second-order valence-electron chi connectivity index (χ2n) is 6.53. The molecule has 0 amide bonds. The summed E-state index contributed by atoms with van der Waals surface area (Å²) in [4.78, 5) is 9.32. The summed E-state index contributed by atoms with van der Waals surface area (Å²) in [5.41, 5.74) is 2.36. The molecule has 22 heavy (non-hydrogen) atoms. The lowest BCUT2D eigenvalue weighted by atomic mass is 9.89. The number of fused-ring (bicyclic) bond motifs is 1. The molecule has 2 aromatic rings. The minimum absolute atomic E-state index is 0.626. The molecule has 0 bridgehead atoms. The van der Waals surface area contributed by atoms with Gasteiger partial charge in [-0.2, -0.15) is 0 Å². The van der Waals surface area contributed by atoms with Crippen LogP contribution in [-0.2, 0) is 0 Å². The minimum Gasteiger partial charge on any atom is -0.371 e. The van der Waals surface area contributed by atoms with Gasteiger partial charge in [0.1, 0.15) is 0 Å². The molecule has 1 aromatic carbocycles. The molecule has 0 saturated heterocycles. The van der Waals surface area contributed by atoms with E-state index in [1.165, 1.54) is 36.8 Å². The zero-order valence-corrected chi connectivity index (χ0v) is 15.2. The topological polar surface area (TPSA) is 19.4 Å². The first-order chi connectivity index (χ1) is 10.6. The Balaban J connectivity index is 1.84. The summed E-state index contributed by atoms with van der Waals surface area (Å²) in [7, 11) is 6.63. The number of halogens is 1. The zero-order chi connectivity index (χ0) is 15.7. The van der Waals surface area contributed by atoms with Gasteiger partial charge in [-0.05, 0) is 64.0 Å². The normalized spacial score (nSPS) is 22.2. The van der Waals surface area contributed by atoms with E-state index in [9.17, 15) is 0 Å². The maximum Gasteiger partial charge on any atom is 0.0723 e. The van der Waals surface area contributed by atoms with Crippen LogP contribution in [0.2, 0.25) is 0 Å². The SMILES string of the molecule is CN(C)C1CCC(N(C)c2ccnc3ccc(Br)cc23)CC1. The number of hydrogen-bond acceptors (Lipinski definition) is 3. The van der Waals surface area contributed by atoms with Gasteiger partial charge in [0.2, 0.25) is 0 Å². The monoisotopic (exact) mass is 361 g/mol. The predicted molar refractivity (Wildman–Crippen MR) is 97.6 cm³/mol. The van der Waals surface area contributed by atoms with Crippen LogP contribution in [0.3, 0.4) is 0 Å². The molecule has 1 aliphatic carbocycles. The molecule has 1 aliphatic rings. The second-order valence-corrected chi connectivity index (χ2v) is 7.44. The number of rotatable bonds is 3. The summed E-state index contributed by atoms with van der Waals surface area (Å²) in [5.74, 6) is 0. The summed E-state index contributed by atoms with van der Waals surface area (Å²) in [6.07, 6.45) is 7.02. The van der Waals surface area contributed by atoms with E-state index in [0.29, 0.717) is 6.04 Å². The Morgan fingerprint density at radius 1 is 1.00 bits per heavy atom. The minimum atomic E-state index is 0.626. The average molecular weight is 362 g/mol. The number of pyridine rings is 1. The van der Waals surface area contributed by atoms with Gasteiger partial charge in [0.25, 0.3) is 0 Å². The van der Waals surface area contributed by atoms with Gasteiger partial charge in [0, 0.05) is 40.9 Å². The Hall–Kier alpha value is -1.13. The lowest BCUT2D eigenvalue weighted by molar-refractivity contribution is 0.215. The fourth-order valence-corrected chi connectivity index (χ4v) is 3.93. The van der Waals surface area contributed by atoms with Crippen molar-refractivity contribution in [3.8, 4) is 0 Å². The van der Waals surface area contributed by atoms with Crippen LogP contribution in [0.5, 0.6) is 0 Å². The molecule has 0 atom stereocenters. The molecule has 0 radical (unpaired) electrons. The third-order valence-electron chi connectivity index (χ3n) is 5.00. The predicted octanol–water partition coefficient (Wildman–Crippen LogP) is 4.31. The van der Waals surface area contributed by atoms with Gasteiger partial charge < -0.3 is 9.80 Å². The van der Waals surface area contributed by atoms with Crippen molar-refractivity contribution in [2.45, 2.75) is 37.8 Å². The second kappa shape index (κ2) is 6.55. The Bertz CT molecular complexity index is 648. The van der Waals surface area contributed by atoms with Crippen molar-refractivity contribution in [1.29, 1.82) is 0 Å². The molecule has 1 saturated carbocycles. The third kappa shape index (κ3) is 3.13.